The van der Waals surface area contributed by atoms with Crippen LogP contribution < -0.4 is 5.73 Å². The molecule has 0 bridgehead atoms. The third-order valence-electron chi connectivity index (χ3n) is 3.88. The van der Waals surface area contributed by atoms with E-state index in [1.807, 2.05) is 0 Å². The maximum Gasteiger partial charge on any atom is 0.0571 e. The van der Waals surface area contributed by atoms with Gasteiger partial charge in [0, 0.05) is 0 Å². The zero-order valence-electron chi connectivity index (χ0n) is 13.1. The Labute approximate surface area is 115 Å². The highest BCUT2D eigenvalue weighted by molar-refractivity contribution is 4.62. The van der Waals surface area contributed by atoms with Crippen molar-refractivity contribution in [2.45, 2.75) is 91.1 Å². The van der Waals surface area contributed by atoms with Crippen LogP contribution in [0.4, 0.5) is 0 Å². The van der Waals surface area contributed by atoms with Crippen molar-refractivity contribution >= 4 is 0 Å². The van der Waals surface area contributed by atoms with Crippen LogP contribution in [-0.2, 0) is 0 Å². The maximum absolute atomic E-state index is 6.16. The van der Waals surface area contributed by atoms with Gasteiger partial charge < -0.3 is 5.73 Å². The second-order valence-corrected chi connectivity index (χ2v) is 5.41. The SMILES string of the molecule is CCCCCCCCCCCC(N)N(CC)CC. The molecule has 0 saturated heterocycles. The van der Waals surface area contributed by atoms with Crippen LogP contribution in [0.2, 0.25) is 0 Å². The molecule has 1 atom stereocenters. The van der Waals surface area contributed by atoms with Crippen molar-refractivity contribution in [1.82, 2.24) is 4.90 Å². The summed E-state index contributed by atoms with van der Waals surface area (Å²) in [5, 5.41) is 0. The number of hydrogen-bond donors (Lipinski definition) is 1. The van der Waals surface area contributed by atoms with E-state index in [1.54, 1.807) is 0 Å². The van der Waals surface area contributed by atoms with E-state index in [-0.39, 0.29) is 6.17 Å². The summed E-state index contributed by atoms with van der Waals surface area (Å²) in [5.41, 5.74) is 6.16. The highest BCUT2D eigenvalue weighted by atomic mass is 15.2. The average Bonchev–Trinajstić information content (AvgIpc) is 2.38. The standard InChI is InChI=1S/C16H36N2/c1-4-7-8-9-10-11-12-13-14-15-16(17)18(5-2)6-3/h16H,4-15,17H2,1-3H3. The number of hydrogen-bond acceptors (Lipinski definition) is 2. The van der Waals surface area contributed by atoms with Gasteiger partial charge in [-0.2, -0.15) is 0 Å². The first-order valence-electron chi connectivity index (χ1n) is 8.25. The van der Waals surface area contributed by atoms with E-state index >= 15 is 0 Å². The molecule has 2 nitrogen and oxygen atoms in total. The van der Waals surface area contributed by atoms with Crippen molar-refractivity contribution in [2.75, 3.05) is 13.1 Å². The second-order valence-electron chi connectivity index (χ2n) is 5.41. The van der Waals surface area contributed by atoms with E-state index in [0.29, 0.717) is 0 Å². The quantitative estimate of drug-likeness (QED) is 0.387. The molecule has 0 radical (unpaired) electrons. The van der Waals surface area contributed by atoms with Crippen molar-refractivity contribution in [3.8, 4) is 0 Å². The van der Waals surface area contributed by atoms with Crippen molar-refractivity contribution in [3.63, 3.8) is 0 Å². The summed E-state index contributed by atoms with van der Waals surface area (Å²) in [4.78, 5) is 2.35. The average molecular weight is 256 g/mol. The summed E-state index contributed by atoms with van der Waals surface area (Å²) in [5.74, 6) is 0. The van der Waals surface area contributed by atoms with Gasteiger partial charge in [-0.05, 0) is 19.5 Å². The van der Waals surface area contributed by atoms with Crippen molar-refractivity contribution in [2.24, 2.45) is 5.73 Å². The van der Waals surface area contributed by atoms with Crippen LogP contribution in [0.1, 0.15) is 85.0 Å². The lowest BCUT2D eigenvalue weighted by atomic mass is 10.1. The van der Waals surface area contributed by atoms with E-state index in [0.717, 1.165) is 19.5 Å². The Morgan fingerprint density at radius 3 is 1.61 bits per heavy atom. The first-order valence-corrected chi connectivity index (χ1v) is 8.25. The Morgan fingerprint density at radius 1 is 0.722 bits per heavy atom. The molecule has 0 aromatic rings. The predicted octanol–water partition coefficient (Wildman–Crippen LogP) is 4.53. The molecule has 0 aliphatic rings. The third kappa shape index (κ3) is 9.90. The largest absolute Gasteiger partial charge is 0.316 e. The van der Waals surface area contributed by atoms with E-state index in [9.17, 15) is 0 Å². The summed E-state index contributed by atoms with van der Waals surface area (Å²) in [6.07, 6.45) is 14.0. The molecular weight excluding hydrogens is 220 g/mol. The fourth-order valence-electron chi connectivity index (χ4n) is 2.54. The summed E-state index contributed by atoms with van der Waals surface area (Å²) in [6.45, 7) is 8.82. The number of unbranched alkanes of at least 4 members (excludes halogenated alkanes) is 8. The number of nitrogens with two attached hydrogens (primary N) is 1. The molecular formula is C16H36N2. The van der Waals surface area contributed by atoms with E-state index in [2.05, 4.69) is 25.7 Å². The Kier molecular flexibility index (Phi) is 13.3. The van der Waals surface area contributed by atoms with Crippen LogP contribution >= 0.6 is 0 Å². The lowest BCUT2D eigenvalue weighted by Gasteiger charge is -2.25. The van der Waals surface area contributed by atoms with Gasteiger partial charge in [-0.3, -0.25) is 4.90 Å². The zero-order chi connectivity index (χ0) is 13.6. The highest BCUT2D eigenvalue weighted by Crippen LogP contribution is 2.11. The minimum atomic E-state index is 0.282. The van der Waals surface area contributed by atoms with Crippen LogP contribution in [-0.4, -0.2) is 24.2 Å². The smallest absolute Gasteiger partial charge is 0.0571 e. The molecule has 2 heteroatoms. The molecule has 0 spiro atoms. The molecule has 0 rings (SSSR count). The van der Waals surface area contributed by atoms with Gasteiger partial charge in [0.05, 0.1) is 6.17 Å². The Hall–Kier alpha value is -0.0800. The Balaban J connectivity index is 3.24. The summed E-state index contributed by atoms with van der Waals surface area (Å²) < 4.78 is 0. The normalized spacial score (nSPS) is 13.2. The first kappa shape index (κ1) is 17.9. The summed E-state index contributed by atoms with van der Waals surface area (Å²) in [6, 6.07) is 0. The molecule has 110 valence electrons. The minimum Gasteiger partial charge on any atom is -0.316 e. The van der Waals surface area contributed by atoms with Crippen LogP contribution in [0, 0.1) is 0 Å². The van der Waals surface area contributed by atoms with Gasteiger partial charge >= 0.3 is 0 Å². The van der Waals surface area contributed by atoms with Crippen molar-refractivity contribution in [3.05, 3.63) is 0 Å². The van der Waals surface area contributed by atoms with Gasteiger partial charge in [0.25, 0.3) is 0 Å². The molecule has 18 heavy (non-hydrogen) atoms. The van der Waals surface area contributed by atoms with Crippen LogP contribution in [0.15, 0.2) is 0 Å². The van der Waals surface area contributed by atoms with E-state index in [1.165, 1.54) is 57.8 Å². The fourth-order valence-corrected chi connectivity index (χ4v) is 2.54. The molecule has 0 aliphatic heterocycles. The Morgan fingerprint density at radius 2 is 1.17 bits per heavy atom. The van der Waals surface area contributed by atoms with Gasteiger partial charge in [0.2, 0.25) is 0 Å². The topological polar surface area (TPSA) is 29.3 Å². The van der Waals surface area contributed by atoms with Crippen molar-refractivity contribution in [1.29, 1.82) is 0 Å². The molecule has 0 amide bonds. The van der Waals surface area contributed by atoms with E-state index in [4.69, 9.17) is 5.73 Å². The zero-order valence-corrected chi connectivity index (χ0v) is 13.1. The van der Waals surface area contributed by atoms with Crippen molar-refractivity contribution < 1.29 is 0 Å². The van der Waals surface area contributed by atoms with Crippen LogP contribution in [0.25, 0.3) is 0 Å². The summed E-state index contributed by atoms with van der Waals surface area (Å²) >= 11 is 0. The molecule has 1 unspecified atom stereocenters. The first-order chi connectivity index (χ1) is 8.76. The molecule has 0 aromatic heterocycles. The molecule has 0 aromatic carbocycles. The van der Waals surface area contributed by atoms with Gasteiger partial charge in [0.1, 0.15) is 0 Å². The minimum absolute atomic E-state index is 0.282. The molecule has 0 saturated carbocycles. The van der Waals surface area contributed by atoms with Gasteiger partial charge in [-0.15, -0.1) is 0 Å². The predicted molar refractivity (Wildman–Crippen MR) is 82.7 cm³/mol. The van der Waals surface area contributed by atoms with Crippen LogP contribution in [0.5, 0.6) is 0 Å². The van der Waals surface area contributed by atoms with E-state index < -0.39 is 0 Å². The van der Waals surface area contributed by atoms with Gasteiger partial charge in [0.15, 0.2) is 0 Å². The van der Waals surface area contributed by atoms with Gasteiger partial charge in [-0.25, -0.2) is 0 Å². The van der Waals surface area contributed by atoms with Crippen LogP contribution in [0.3, 0.4) is 0 Å². The molecule has 0 aliphatic carbocycles. The monoisotopic (exact) mass is 256 g/mol. The Bertz CT molecular complexity index is 155. The maximum atomic E-state index is 6.16. The summed E-state index contributed by atoms with van der Waals surface area (Å²) in [7, 11) is 0. The highest BCUT2D eigenvalue weighted by Gasteiger charge is 2.08. The number of nitrogens with zero attached hydrogens (tertiary/aromatic N) is 1. The van der Waals surface area contributed by atoms with Gasteiger partial charge in [-0.1, -0.05) is 78.6 Å². The molecule has 2 N–H and O–H groups in total. The molecule has 0 heterocycles. The third-order valence-corrected chi connectivity index (χ3v) is 3.88. The second kappa shape index (κ2) is 13.4. The lowest BCUT2D eigenvalue weighted by Crippen LogP contribution is -2.41. The number of rotatable bonds is 13. The lowest BCUT2D eigenvalue weighted by molar-refractivity contribution is 0.207. The fraction of sp³-hybridized carbons (Fsp3) is 1.00. The molecule has 0 fully saturated rings.